The maximum Gasteiger partial charge on any atom is 0.329 e. The molecule has 0 amide bonds. The van der Waals surface area contributed by atoms with E-state index in [4.69, 9.17) is 5.73 Å². The molecule has 1 atom stereocenters. The first kappa shape index (κ1) is 16.9. The van der Waals surface area contributed by atoms with Crippen molar-refractivity contribution in [3.05, 3.63) is 71.8 Å². The molecule has 22 heavy (non-hydrogen) atoms. The summed E-state index contributed by atoms with van der Waals surface area (Å²) in [5.74, 6) is -0.338. The fraction of sp³-hybridized carbons (Fsp3) is 0.294. The van der Waals surface area contributed by atoms with Crippen LogP contribution in [-0.4, -0.2) is 22.0 Å². The molecule has 0 spiro atoms. The topological polar surface area (TPSA) is 83.6 Å². The summed E-state index contributed by atoms with van der Waals surface area (Å²) in [5, 5.41) is 0. The molecule has 1 unspecified atom stereocenters. The molecule has 4 N–H and O–H groups in total. The van der Waals surface area contributed by atoms with Crippen LogP contribution in [0.5, 0.6) is 0 Å². The molecule has 0 saturated heterocycles. The Hall–Kier alpha value is -1.45. The lowest BCUT2D eigenvalue weighted by atomic mass is 9.86. The third kappa shape index (κ3) is 4.28. The summed E-state index contributed by atoms with van der Waals surface area (Å²) >= 11 is 0. The van der Waals surface area contributed by atoms with Crippen molar-refractivity contribution in [2.45, 2.75) is 24.4 Å². The molecule has 0 aliphatic carbocycles. The molecule has 2 aromatic rings. The van der Waals surface area contributed by atoms with E-state index >= 15 is 0 Å². The highest BCUT2D eigenvalue weighted by Gasteiger charge is 2.37. The van der Waals surface area contributed by atoms with Crippen LogP contribution in [0.2, 0.25) is 0 Å². The van der Waals surface area contributed by atoms with E-state index < -0.39 is 13.3 Å². The Morgan fingerprint density at radius 3 is 1.73 bits per heavy atom. The van der Waals surface area contributed by atoms with Crippen LogP contribution in [0.25, 0.3) is 0 Å². The Balaban J connectivity index is 2.49. The van der Waals surface area contributed by atoms with Gasteiger partial charge >= 0.3 is 7.60 Å². The molecule has 0 fully saturated rings. The second kappa shape index (κ2) is 7.70. The van der Waals surface area contributed by atoms with Crippen molar-refractivity contribution in [3.8, 4) is 0 Å². The lowest BCUT2D eigenvalue weighted by Gasteiger charge is -2.28. The lowest BCUT2D eigenvalue weighted by Crippen LogP contribution is -2.22. The van der Waals surface area contributed by atoms with Gasteiger partial charge in [0.15, 0.2) is 0 Å². The maximum atomic E-state index is 12.1. The highest BCUT2D eigenvalue weighted by Crippen LogP contribution is 2.52. The Bertz CT molecular complexity index is 573. The zero-order valence-electron chi connectivity index (χ0n) is 12.4. The average Bonchev–Trinajstić information content (AvgIpc) is 2.52. The van der Waals surface area contributed by atoms with Gasteiger partial charge in [-0.1, -0.05) is 60.7 Å². The molecule has 0 saturated carbocycles. The number of rotatable bonds is 7. The molecule has 0 aliphatic rings. The summed E-state index contributed by atoms with van der Waals surface area (Å²) in [5.41, 5.74) is 6.61. The fourth-order valence-corrected chi connectivity index (χ4v) is 4.07. The predicted octanol–water partition coefficient (Wildman–Crippen LogP) is 3.10. The summed E-state index contributed by atoms with van der Waals surface area (Å²) in [7, 11) is -4.25. The van der Waals surface area contributed by atoms with E-state index in [1.165, 1.54) is 0 Å². The molecule has 0 aliphatic heterocycles. The molecule has 2 rings (SSSR count). The summed E-state index contributed by atoms with van der Waals surface area (Å²) in [6.45, 7) is 0.423. The van der Waals surface area contributed by atoms with Crippen LogP contribution in [-0.2, 0) is 4.57 Å². The minimum atomic E-state index is -4.25. The SMILES string of the molecule is NCCCC(C(c1ccccc1)c1ccccc1)P(=O)(O)O. The Morgan fingerprint density at radius 1 is 0.909 bits per heavy atom. The number of nitrogens with two attached hydrogens (primary N) is 1. The van der Waals surface area contributed by atoms with Crippen molar-refractivity contribution in [1.29, 1.82) is 0 Å². The Morgan fingerprint density at radius 2 is 1.36 bits per heavy atom. The highest BCUT2D eigenvalue weighted by atomic mass is 31.2. The molecular formula is C17H22NO3P. The van der Waals surface area contributed by atoms with Crippen molar-refractivity contribution in [2.24, 2.45) is 5.73 Å². The normalized spacial score (nSPS) is 13.3. The highest BCUT2D eigenvalue weighted by molar-refractivity contribution is 7.52. The predicted molar refractivity (Wildman–Crippen MR) is 88.8 cm³/mol. The van der Waals surface area contributed by atoms with Crippen molar-refractivity contribution < 1.29 is 14.4 Å². The minimum Gasteiger partial charge on any atom is -0.330 e. The summed E-state index contributed by atoms with van der Waals surface area (Å²) in [6.07, 6.45) is 0.987. The molecular weight excluding hydrogens is 297 g/mol. The monoisotopic (exact) mass is 319 g/mol. The van der Waals surface area contributed by atoms with Gasteiger partial charge in [0.05, 0.1) is 5.66 Å². The standard InChI is InChI=1S/C17H22NO3P/c18-13-7-12-16(22(19,20)21)17(14-8-3-1-4-9-14)15-10-5-2-6-11-15/h1-6,8-11,16-17H,7,12-13,18H2,(H2,19,20,21). The van der Waals surface area contributed by atoms with Crippen molar-refractivity contribution in [2.75, 3.05) is 6.54 Å². The van der Waals surface area contributed by atoms with Gasteiger partial charge in [0.25, 0.3) is 0 Å². The summed E-state index contributed by atoms with van der Waals surface area (Å²) in [4.78, 5) is 19.7. The van der Waals surface area contributed by atoms with Crippen LogP contribution in [0, 0.1) is 0 Å². The molecule has 0 radical (unpaired) electrons. The van der Waals surface area contributed by atoms with E-state index in [0.717, 1.165) is 11.1 Å². The molecule has 0 bridgehead atoms. The largest absolute Gasteiger partial charge is 0.330 e. The summed E-state index contributed by atoms with van der Waals surface area (Å²) < 4.78 is 12.1. The Labute approximate surface area is 131 Å². The zero-order valence-corrected chi connectivity index (χ0v) is 13.3. The third-order valence-electron chi connectivity index (χ3n) is 3.84. The van der Waals surface area contributed by atoms with Gasteiger partial charge in [-0.05, 0) is 30.5 Å². The molecule has 118 valence electrons. The molecule has 4 nitrogen and oxygen atoms in total. The third-order valence-corrected chi connectivity index (χ3v) is 5.26. The Kier molecular flexibility index (Phi) is 5.92. The van der Waals surface area contributed by atoms with Gasteiger partial charge in [0.1, 0.15) is 0 Å². The lowest BCUT2D eigenvalue weighted by molar-refractivity contribution is 0.347. The van der Waals surface area contributed by atoms with Gasteiger partial charge in [-0.25, -0.2) is 0 Å². The minimum absolute atomic E-state index is 0.338. The van der Waals surface area contributed by atoms with Gasteiger partial charge in [0.2, 0.25) is 0 Å². The van der Waals surface area contributed by atoms with Gasteiger partial charge in [0, 0.05) is 5.92 Å². The molecule has 0 aromatic heterocycles. The molecule has 0 heterocycles. The van der Waals surface area contributed by atoms with Gasteiger partial charge in [-0.3, -0.25) is 4.57 Å². The van der Waals surface area contributed by atoms with Crippen LogP contribution in [0.3, 0.4) is 0 Å². The zero-order chi connectivity index (χ0) is 16.0. The molecule has 5 heteroatoms. The first-order valence-electron chi connectivity index (χ1n) is 7.39. The van der Waals surface area contributed by atoms with Gasteiger partial charge in [-0.2, -0.15) is 0 Å². The van der Waals surface area contributed by atoms with Crippen LogP contribution < -0.4 is 5.73 Å². The van der Waals surface area contributed by atoms with E-state index in [0.29, 0.717) is 19.4 Å². The first-order valence-corrected chi connectivity index (χ1v) is 9.07. The van der Waals surface area contributed by atoms with Crippen LogP contribution >= 0.6 is 7.60 Å². The molecule has 2 aromatic carbocycles. The van der Waals surface area contributed by atoms with E-state index in [-0.39, 0.29) is 5.92 Å². The van der Waals surface area contributed by atoms with Crippen molar-refractivity contribution >= 4 is 7.60 Å². The summed E-state index contributed by atoms with van der Waals surface area (Å²) in [6, 6.07) is 19.1. The smallest absolute Gasteiger partial charge is 0.329 e. The van der Waals surface area contributed by atoms with E-state index in [1.807, 2.05) is 60.7 Å². The van der Waals surface area contributed by atoms with E-state index in [2.05, 4.69) is 0 Å². The fourth-order valence-electron chi connectivity index (χ4n) is 2.81. The van der Waals surface area contributed by atoms with Gasteiger partial charge in [-0.15, -0.1) is 0 Å². The second-order valence-electron chi connectivity index (χ2n) is 5.39. The van der Waals surface area contributed by atoms with Crippen LogP contribution in [0.15, 0.2) is 60.7 Å². The van der Waals surface area contributed by atoms with Crippen LogP contribution in [0.1, 0.15) is 29.9 Å². The van der Waals surface area contributed by atoms with Crippen LogP contribution in [0.4, 0.5) is 0 Å². The van der Waals surface area contributed by atoms with E-state index in [9.17, 15) is 14.4 Å². The average molecular weight is 319 g/mol. The number of hydrogen-bond acceptors (Lipinski definition) is 2. The maximum absolute atomic E-state index is 12.1. The number of benzene rings is 2. The van der Waals surface area contributed by atoms with E-state index in [1.54, 1.807) is 0 Å². The first-order chi connectivity index (χ1) is 10.5. The number of hydrogen-bond donors (Lipinski definition) is 3. The van der Waals surface area contributed by atoms with Gasteiger partial charge < -0.3 is 15.5 Å². The van der Waals surface area contributed by atoms with Crippen molar-refractivity contribution in [1.82, 2.24) is 0 Å². The quantitative estimate of drug-likeness (QED) is 0.685. The van der Waals surface area contributed by atoms with Crippen molar-refractivity contribution in [3.63, 3.8) is 0 Å². The second-order valence-corrected chi connectivity index (χ2v) is 7.23.